The van der Waals surface area contributed by atoms with Crippen LogP contribution in [0.2, 0.25) is 0 Å². The molecule has 2 aromatic rings. The van der Waals surface area contributed by atoms with Gasteiger partial charge in [-0.2, -0.15) is 0 Å². The molecule has 2 heterocycles. The fourth-order valence-electron chi connectivity index (χ4n) is 2.70. The molecule has 1 aliphatic heterocycles. The van der Waals surface area contributed by atoms with Crippen LogP contribution in [-0.4, -0.2) is 33.7 Å². The predicted octanol–water partition coefficient (Wildman–Crippen LogP) is 2.08. The molecular weight excluding hydrogens is 309 g/mol. The fourth-order valence-corrected chi connectivity index (χ4v) is 4.46. The monoisotopic (exact) mass is 325 g/mol. The molecule has 22 heavy (non-hydrogen) atoms. The molecule has 118 valence electrons. The summed E-state index contributed by atoms with van der Waals surface area (Å²) in [5, 5.41) is 3.70. The number of aryl methyl sites for hydroxylation is 2. The highest BCUT2D eigenvalue weighted by Crippen LogP contribution is 2.37. The number of hydrogen-bond acceptors (Lipinski definition) is 5. The molecule has 1 aromatic heterocycles. The summed E-state index contributed by atoms with van der Waals surface area (Å²) in [6.45, 7) is 3.88. The standard InChI is InChI=1S/C14H16FN3O3S/c1-9-14(10(2)21-16-9)22(19,20)18-7-6-17(3)12-5-4-11(15)8-13(12)18/h4-5,8H,6-7H2,1-3H3. The number of halogens is 1. The first kappa shape index (κ1) is 14.8. The summed E-state index contributed by atoms with van der Waals surface area (Å²) in [5.41, 5.74) is 1.30. The topological polar surface area (TPSA) is 66.7 Å². The lowest BCUT2D eigenvalue weighted by atomic mass is 10.2. The van der Waals surface area contributed by atoms with Gasteiger partial charge in [0.15, 0.2) is 10.7 Å². The van der Waals surface area contributed by atoms with Crippen molar-refractivity contribution in [3.8, 4) is 0 Å². The Bertz CT molecular complexity index is 812. The Morgan fingerprint density at radius 2 is 1.95 bits per heavy atom. The lowest BCUT2D eigenvalue weighted by Crippen LogP contribution is -2.42. The van der Waals surface area contributed by atoms with E-state index in [0.717, 1.165) is 0 Å². The minimum atomic E-state index is -3.85. The first-order valence-electron chi connectivity index (χ1n) is 6.78. The van der Waals surface area contributed by atoms with Gasteiger partial charge in [-0.25, -0.2) is 12.8 Å². The number of sulfonamides is 1. The van der Waals surface area contributed by atoms with Crippen molar-refractivity contribution in [1.29, 1.82) is 0 Å². The van der Waals surface area contributed by atoms with Gasteiger partial charge < -0.3 is 9.42 Å². The van der Waals surface area contributed by atoms with Crippen molar-refractivity contribution in [1.82, 2.24) is 5.16 Å². The lowest BCUT2D eigenvalue weighted by molar-refractivity contribution is 0.390. The number of nitrogens with zero attached hydrogens (tertiary/aromatic N) is 3. The molecule has 0 radical (unpaired) electrons. The van der Waals surface area contributed by atoms with E-state index >= 15 is 0 Å². The molecule has 8 heteroatoms. The van der Waals surface area contributed by atoms with Gasteiger partial charge in [0.2, 0.25) is 0 Å². The zero-order valence-corrected chi connectivity index (χ0v) is 13.3. The first-order chi connectivity index (χ1) is 10.3. The second-order valence-corrected chi connectivity index (χ2v) is 7.08. The summed E-state index contributed by atoms with van der Waals surface area (Å²) in [6, 6.07) is 4.14. The maximum absolute atomic E-state index is 13.6. The van der Waals surface area contributed by atoms with Gasteiger partial charge in [-0.3, -0.25) is 4.31 Å². The van der Waals surface area contributed by atoms with E-state index in [1.807, 2.05) is 11.9 Å². The maximum Gasteiger partial charge on any atom is 0.269 e. The van der Waals surface area contributed by atoms with E-state index in [1.54, 1.807) is 19.9 Å². The molecular formula is C14H16FN3O3S. The quantitative estimate of drug-likeness (QED) is 0.846. The van der Waals surface area contributed by atoms with Crippen molar-refractivity contribution < 1.29 is 17.3 Å². The molecule has 0 saturated heterocycles. The number of hydrogen-bond donors (Lipinski definition) is 0. The van der Waals surface area contributed by atoms with Crippen LogP contribution in [0.3, 0.4) is 0 Å². The zero-order valence-electron chi connectivity index (χ0n) is 12.5. The van der Waals surface area contributed by atoms with Crippen molar-refractivity contribution in [3.05, 3.63) is 35.5 Å². The van der Waals surface area contributed by atoms with Gasteiger partial charge in [-0.05, 0) is 26.0 Å². The summed E-state index contributed by atoms with van der Waals surface area (Å²) in [5.74, 6) is -0.248. The molecule has 0 N–H and O–H groups in total. The van der Waals surface area contributed by atoms with Crippen LogP contribution in [0.25, 0.3) is 0 Å². The summed E-state index contributed by atoms with van der Waals surface area (Å²) < 4.78 is 45.7. The second kappa shape index (κ2) is 4.98. The van der Waals surface area contributed by atoms with Crippen LogP contribution in [0.4, 0.5) is 15.8 Å². The summed E-state index contributed by atoms with van der Waals surface area (Å²) in [4.78, 5) is 1.95. The van der Waals surface area contributed by atoms with E-state index in [0.29, 0.717) is 23.6 Å². The Morgan fingerprint density at radius 1 is 1.23 bits per heavy atom. The van der Waals surface area contributed by atoms with Gasteiger partial charge in [0.1, 0.15) is 11.5 Å². The summed E-state index contributed by atoms with van der Waals surface area (Å²) in [6.07, 6.45) is 0. The number of likely N-dealkylation sites (N-methyl/N-ethyl adjacent to an activating group) is 1. The molecule has 0 fully saturated rings. The van der Waals surface area contributed by atoms with Crippen LogP contribution < -0.4 is 9.21 Å². The average Bonchev–Trinajstić information content (AvgIpc) is 2.78. The Hall–Kier alpha value is -2.09. The van der Waals surface area contributed by atoms with Crippen molar-refractivity contribution in [2.45, 2.75) is 18.7 Å². The van der Waals surface area contributed by atoms with Crippen LogP contribution in [-0.2, 0) is 10.0 Å². The van der Waals surface area contributed by atoms with Gasteiger partial charge >= 0.3 is 0 Å². The van der Waals surface area contributed by atoms with Crippen LogP contribution in [0, 0.1) is 19.7 Å². The average molecular weight is 325 g/mol. The highest BCUT2D eigenvalue weighted by Gasteiger charge is 2.35. The minimum Gasteiger partial charge on any atom is -0.371 e. The highest BCUT2D eigenvalue weighted by molar-refractivity contribution is 7.93. The number of rotatable bonds is 2. The van der Waals surface area contributed by atoms with E-state index in [9.17, 15) is 12.8 Å². The maximum atomic E-state index is 13.6. The third kappa shape index (κ3) is 2.14. The van der Waals surface area contributed by atoms with Crippen LogP contribution >= 0.6 is 0 Å². The van der Waals surface area contributed by atoms with Gasteiger partial charge in [-0.1, -0.05) is 5.16 Å². The molecule has 0 spiro atoms. The van der Waals surface area contributed by atoms with Crippen LogP contribution in [0.15, 0.2) is 27.6 Å². The summed E-state index contributed by atoms with van der Waals surface area (Å²) >= 11 is 0. The number of fused-ring (bicyclic) bond motifs is 1. The Kier molecular flexibility index (Phi) is 3.36. The van der Waals surface area contributed by atoms with Gasteiger partial charge in [0.25, 0.3) is 10.0 Å². The molecule has 0 aliphatic carbocycles. The van der Waals surface area contributed by atoms with Crippen molar-refractivity contribution in [3.63, 3.8) is 0 Å². The number of aromatic nitrogens is 1. The van der Waals surface area contributed by atoms with E-state index in [4.69, 9.17) is 4.52 Å². The van der Waals surface area contributed by atoms with E-state index in [-0.39, 0.29) is 17.2 Å². The minimum absolute atomic E-state index is 0.0484. The number of anilines is 2. The third-order valence-electron chi connectivity index (χ3n) is 3.77. The molecule has 0 unspecified atom stereocenters. The van der Waals surface area contributed by atoms with Gasteiger partial charge in [0.05, 0.1) is 17.9 Å². The molecule has 6 nitrogen and oxygen atoms in total. The molecule has 1 aromatic carbocycles. The Morgan fingerprint density at radius 3 is 2.59 bits per heavy atom. The van der Waals surface area contributed by atoms with E-state index in [1.165, 1.54) is 16.4 Å². The van der Waals surface area contributed by atoms with Crippen molar-refractivity contribution in [2.75, 3.05) is 29.3 Å². The zero-order chi connectivity index (χ0) is 16.1. The van der Waals surface area contributed by atoms with Crippen LogP contribution in [0.1, 0.15) is 11.5 Å². The first-order valence-corrected chi connectivity index (χ1v) is 8.22. The Labute approximate surface area is 128 Å². The Balaban J connectivity index is 2.18. The summed E-state index contributed by atoms with van der Waals surface area (Å²) in [7, 11) is -2.01. The molecule has 0 atom stereocenters. The lowest BCUT2D eigenvalue weighted by Gasteiger charge is -2.36. The smallest absolute Gasteiger partial charge is 0.269 e. The molecule has 0 bridgehead atoms. The third-order valence-corrected chi connectivity index (χ3v) is 5.83. The SMILES string of the molecule is Cc1noc(C)c1S(=O)(=O)N1CCN(C)c2ccc(F)cc21. The molecule has 0 amide bonds. The molecule has 1 aliphatic rings. The van der Waals surface area contributed by atoms with E-state index < -0.39 is 15.8 Å². The normalized spacial score (nSPS) is 15.1. The van der Waals surface area contributed by atoms with Crippen LogP contribution in [0.5, 0.6) is 0 Å². The van der Waals surface area contributed by atoms with Crippen molar-refractivity contribution in [2.24, 2.45) is 0 Å². The highest BCUT2D eigenvalue weighted by atomic mass is 32.2. The largest absolute Gasteiger partial charge is 0.371 e. The molecule has 0 saturated carbocycles. The number of benzene rings is 1. The predicted molar refractivity (Wildman–Crippen MR) is 80.2 cm³/mol. The van der Waals surface area contributed by atoms with E-state index in [2.05, 4.69) is 5.16 Å². The molecule has 3 rings (SSSR count). The fraction of sp³-hybridized carbons (Fsp3) is 0.357. The van der Waals surface area contributed by atoms with Gasteiger partial charge in [0, 0.05) is 19.7 Å². The van der Waals surface area contributed by atoms with Gasteiger partial charge in [-0.15, -0.1) is 0 Å². The van der Waals surface area contributed by atoms with Crippen molar-refractivity contribution >= 4 is 21.4 Å². The second-order valence-electron chi connectivity index (χ2n) is 5.29.